The van der Waals surface area contributed by atoms with Crippen LogP contribution in [0.2, 0.25) is 0 Å². The summed E-state index contributed by atoms with van der Waals surface area (Å²) < 4.78 is 21.0. The van der Waals surface area contributed by atoms with E-state index in [1.165, 1.54) is 9.80 Å². The average Bonchev–Trinajstić information content (AvgIpc) is 3.78. The third kappa shape index (κ3) is 8.98. The first-order chi connectivity index (χ1) is 23.3. The lowest BCUT2D eigenvalue weighted by molar-refractivity contribution is -0.137. The van der Waals surface area contributed by atoms with Crippen molar-refractivity contribution in [3.8, 4) is 23.0 Å². The minimum Gasteiger partial charge on any atom is -0.481 e. The highest BCUT2D eigenvalue weighted by molar-refractivity contribution is 6.04. The van der Waals surface area contributed by atoms with Gasteiger partial charge in [-0.1, -0.05) is 6.08 Å². The molecule has 2 unspecified atom stereocenters. The average molecular weight is 678 g/mol. The van der Waals surface area contributed by atoms with Crippen molar-refractivity contribution >= 4 is 29.4 Å². The van der Waals surface area contributed by atoms with E-state index in [1.54, 1.807) is 64.3 Å². The second kappa shape index (κ2) is 16.2. The van der Waals surface area contributed by atoms with Crippen LogP contribution in [0.1, 0.15) is 74.1 Å². The number of nitrogens with zero attached hydrogens (tertiary/aromatic N) is 3. The van der Waals surface area contributed by atoms with Crippen LogP contribution in [0.15, 0.2) is 60.4 Å². The van der Waals surface area contributed by atoms with Crippen molar-refractivity contribution in [2.75, 3.05) is 27.7 Å². The normalized spacial score (nSPS) is 15.1. The van der Waals surface area contributed by atoms with Gasteiger partial charge in [-0.3, -0.25) is 24.0 Å². The number of ketones is 2. The lowest BCUT2D eigenvalue weighted by Crippen LogP contribution is -2.41. The predicted molar refractivity (Wildman–Crippen MR) is 179 cm³/mol. The number of rotatable bonds is 12. The summed E-state index contributed by atoms with van der Waals surface area (Å²) in [6.07, 6.45) is 6.65. The molecule has 13 nitrogen and oxygen atoms in total. The molecule has 262 valence electrons. The van der Waals surface area contributed by atoms with Gasteiger partial charge in [0.1, 0.15) is 0 Å². The van der Waals surface area contributed by atoms with Crippen LogP contribution in [0, 0.1) is 0 Å². The van der Waals surface area contributed by atoms with Crippen LogP contribution >= 0.6 is 0 Å². The maximum absolute atomic E-state index is 12.8. The van der Waals surface area contributed by atoms with Crippen molar-refractivity contribution in [3.63, 3.8) is 0 Å². The number of hydrogen-bond donors (Lipinski definition) is 1. The summed E-state index contributed by atoms with van der Waals surface area (Å²) in [6.45, 7) is 7.79. The number of carbonyl (C=O) groups excluding carboxylic acids is 4. The number of Topliss-reactive ketones (excluding diaryl/α,β-unsaturated/α-hetero) is 2. The number of benzene rings is 2. The molecule has 2 atom stereocenters. The highest BCUT2D eigenvalue weighted by Gasteiger charge is 2.28. The number of hydrogen-bond acceptors (Lipinski definition) is 10. The van der Waals surface area contributed by atoms with E-state index in [9.17, 15) is 24.0 Å². The van der Waals surface area contributed by atoms with Gasteiger partial charge in [0.05, 0.1) is 12.1 Å². The molecule has 0 aromatic heterocycles. The first-order valence-corrected chi connectivity index (χ1v) is 16.1. The van der Waals surface area contributed by atoms with E-state index in [-0.39, 0.29) is 62.3 Å². The van der Waals surface area contributed by atoms with E-state index < -0.39 is 18.1 Å². The number of allylic oxidation sites excluding steroid dienone is 1. The highest BCUT2D eigenvalue weighted by Crippen LogP contribution is 2.34. The van der Waals surface area contributed by atoms with Gasteiger partial charge in [0.2, 0.25) is 19.5 Å². The molecule has 5 rings (SSSR count). The first kappa shape index (κ1) is 36.5. The summed E-state index contributed by atoms with van der Waals surface area (Å²) in [6, 6.07) is 9.04. The van der Waals surface area contributed by atoms with Crippen molar-refractivity contribution < 1.29 is 48.0 Å². The molecular formula is C36H43N3O10. The molecule has 3 heterocycles. The molecule has 0 saturated heterocycles. The SMILES string of the molecule is CC(C(=O)c1ccc2c(c1)OCO2)N(C)C(=O)CCCC(=O)O.CC(C)N1C=CCC(C(=O)N(C)C(C)C(=O)c2ccc3c(c2)OCO3)=C1. The van der Waals surface area contributed by atoms with Crippen molar-refractivity contribution in [2.24, 2.45) is 0 Å². The van der Waals surface area contributed by atoms with Crippen molar-refractivity contribution in [3.05, 3.63) is 71.6 Å². The van der Waals surface area contributed by atoms with Gasteiger partial charge >= 0.3 is 5.97 Å². The zero-order valence-corrected chi connectivity index (χ0v) is 28.6. The zero-order chi connectivity index (χ0) is 35.8. The van der Waals surface area contributed by atoms with Crippen molar-refractivity contribution in [1.29, 1.82) is 0 Å². The van der Waals surface area contributed by atoms with Crippen LogP contribution in [0.3, 0.4) is 0 Å². The lowest BCUT2D eigenvalue weighted by atomic mass is 10.0. The van der Waals surface area contributed by atoms with E-state index in [0.29, 0.717) is 46.1 Å². The first-order valence-electron chi connectivity index (χ1n) is 16.1. The highest BCUT2D eigenvalue weighted by atomic mass is 16.7. The minimum absolute atomic E-state index is 0.0654. The Morgan fingerprint density at radius 2 is 1.27 bits per heavy atom. The maximum Gasteiger partial charge on any atom is 0.303 e. The molecule has 0 aliphatic carbocycles. The lowest BCUT2D eigenvalue weighted by Gasteiger charge is -2.29. The Morgan fingerprint density at radius 1 is 0.755 bits per heavy atom. The van der Waals surface area contributed by atoms with Gasteiger partial charge in [-0.15, -0.1) is 0 Å². The molecule has 3 aliphatic heterocycles. The smallest absolute Gasteiger partial charge is 0.303 e. The van der Waals surface area contributed by atoms with Crippen LogP contribution in [-0.2, 0) is 14.4 Å². The molecule has 0 spiro atoms. The Labute approximate surface area is 285 Å². The number of likely N-dealkylation sites (N-methyl/N-ethyl adjacent to an activating group) is 2. The number of carboxylic acids is 1. The van der Waals surface area contributed by atoms with Gasteiger partial charge in [0, 0.05) is 62.1 Å². The molecule has 49 heavy (non-hydrogen) atoms. The van der Waals surface area contributed by atoms with Crippen LogP contribution in [-0.4, -0.2) is 95.0 Å². The Hall–Kier alpha value is -5.33. The van der Waals surface area contributed by atoms with E-state index in [2.05, 4.69) is 13.8 Å². The Kier molecular flexibility index (Phi) is 12.1. The number of carboxylic acid groups (broad SMARTS) is 1. The number of amides is 2. The van der Waals surface area contributed by atoms with E-state index in [4.69, 9.17) is 24.1 Å². The molecule has 0 saturated carbocycles. The van der Waals surface area contributed by atoms with Gasteiger partial charge in [0.15, 0.2) is 34.6 Å². The summed E-state index contributed by atoms with van der Waals surface area (Å²) in [5.74, 6) is 0.616. The van der Waals surface area contributed by atoms with Gasteiger partial charge in [-0.05, 0) is 76.9 Å². The molecule has 0 radical (unpaired) electrons. The van der Waals surface area contributed by atoms with Gasteiger partial charge < -0.3 is 38.8 Å². The fourth-order valence-corrected chi connectivity index (χ4v) is 5.16. The number of carbonyl (C=O) groups is 5. The van der Waals surface area contributed by atoms with E-state index in [1.807, 2.05) is 23.4 Å². The van der Waals surface area contributed by atoms with Crippen LogP contribution < -0.4 is 18.9 Å². The molecule has 3 aliphatic rings. The maximum atomic E-state index is 12.8. The Balaban J connectivity index is 0.000000223. The number of ether oxygens (including phenoxy) is 4. The number of fused-ring (bicyclic) bond motifs is 2. The standard InChI is InChI=1S/C20H24N2O4.C16H19NO6/c1-13(2)22-9-5-6-16(11-22)20(24)21(4)14(3)19(23)15-7-8-17-18(10-15)26-12-25-17;1-10(17(2)14(18)4-3-5-15(19)20)16(21)11-6-7-12-13(8-11)23-9-22-12/h5,7-11,13-14H,6,12H2,1-4H3;6-8,10H,3-5,9H2,1-2H3,(H,19,20). The van der Waals surface area contributed by atoms with Crippen molar-refractivity contribution in [2.45, 2.75) is 71.5 Å². The third-order valence-electron chi connectivity index (χ3n) is 8.52. The molecule has 1 N–H and O–H groups in total. The summed E-state index contributed by atoms with van der Waals surface area (Å²) in [4.78, 5) is 65.5. The summed E-state index contributed by atoms with van der Waals surface area (Å²) in [5, 5.41) is 8.59. The zero-order valence-electron chi connectivity index (χ0n) is 28.6. The molecule has 0 bridgehead atoms. The Morgan fingerprint density at radius 3 is 1.78 bits per heavy atom. The summed E-state index contributed by atoms with van der Waals surface area (Å²) in [7, 11) is 3.20. The largest absolute Gasteiger partial charge is 0.481 e. The topological polar surface area (TPSA) is 152 Å². The van der Waals surface area contributed by atoms with Crippen LogP contribution in [0.5, 0.6) is 23.0 Å². The summed E-state index contributed by atoms with van der Waals surface area (Å²) >= 11 is 0. The molecule has 2 aromatic rings. The number of aliphatic carboxylic acids is 1. The van der Waals surface area contributed by atoms with E-state index >= 15 is 0 Å². The third-order valence-corrected chi connectivity index (χ3v) is 8.52. The van der Waals surface area contributed by atoms with Gasteiger partial charge in [-0.25, -0.2) is 0 Å². The Bertz CT molecular complexity index is 1650. The van der Waals surface area contributed by atoms with Crippen LogP contribution in [0.25, 0.3) is 0 Å². The molecule has 0 fully saturated rings. The van der Waals surface area contributed by atoms with Gasteiger partial charge in [-0.2, -0.15) is 0 Å². The quantitative estimate of drug-likeness (QED) is 0.313. The van der Waals surface area contributed by atoms with Gasteiger partial charge in [0.25, 0.3) is 5.91 Å². The minimum atomic E-state index is -0.940. The molecular weight excluding hydrogens is 634 g/mol. The monoisotopic (exact) mass is 677 g/mol. The second-order valence-corrected chi connectivity index (χ2v) is 12.2. The fourth-order valence-electron chi connectivity index (χ4n) is 5.16. The predicted octanol–water partition coefficient (Wildman–Crippen LogP) is 4.66. The van der Waals surface area contributed by atoms with Crippen molar-refractivity contribution in [1.82, 2.24) is 14.7 Å². The second-order valence-electron chi connectivity index (χ2n) is 12.2. The summed E-state index contributed by atoms with van der Waals surface area (Å²) in [5.41, 5.74) is 1.61. The molecule has 2 aromatic carbocycles. The molecule has 13 heteroatoms. The van der Waals surface area contributed by atoms with E-state index in [0.717, 1.165) is 0 Å². The fraction of sp³-hybridized carbons (Fsp3) is 0.417. The van der Waals surface area contributed by atoms with Crippen LogP contribution in [0.4, 0.5) is 0 Å². The molecule has 2 amide bonds.